The van der Waals surface area contributed by atoms with Crippen molar-refractivity contribution in [3.63, 3.8) is 0 Å². The van der Waals surface area contributed by atoms with Crippen LogP contribution in [0.3, 0.4) is 0 Å². The molecule has 1 N–H and O–H groups in total. The first-order chi connectivity index (χ1) is 14.0. The minimum atomic E-state index is -0.119. The smallest absolute Gasteiger partial charge is 0.255 e. The van der Waals surface area contributed by atoms with Gasteiger partial charge in [-0.25, -0.2) is 0 Å². The van der Waals surface area contributed by atoms with Crippen molar-refractivity contribution in [1.82, 2.24) is 14.9 Å². The van der Waals surface area contributed by atoms with Crippen molar-refractivity contribution < 1.29 is 4.79 Å². The number of amides is 1. The van der Waals surface area contributed by atoms with Gasteiger partial charge in [0.15, 0.2) is 0 Å². The normalized spacial score (nSPS) is 14.8. The molecule has 5 heteroatoms. The Morgan fingerprint density at radius 3 is 2.69 bits per heavy atom. The molecule has 0 saturated heterocycles. The summed E-state index contributed by atoms with van der Waals surface area (Å²) >= 11 is 0. The van der Waals surface area contributed by atoms with Gasteiger partial charge in [-0.3, -0.25) is 14.6 Å². The zero-order valence-electron chi connectivity index (χ0n) is 17.1. The predicted octanol–water partition coefficient (Wildman–Crippen LogP) is 4.52. The number of pyridine rings is 2. The number of aromatic nitrogens is 2. The molecule has 29 heavy (non-hydrogen) atoms. The van der Waals surface area contributed by atoms with Crippen LogP contribution >= 0.6 is 0 Å². The van der Waals surface area contributed by atoms with Crippen molar-refractivity contribution in [2.45, 2.75) is 58.5 Å². The standard InChI is InChI=1S/C24H27N3O2/c1-16-10-11-18-13-20(23(28)26-22(18)17(16)2)15-27(21-8-4-3-5-9-21)24(29)19-7-6-12-25-14-19/h6-7,10-14,21H,3-5,8-9,15H2,1-2H3,(H,26,28). The Morgan fingerprint density at radius 2 is 1.97 bits per heavy atom. The fourth-order valence-electron chi connectivity index (χ4n) is 4.29. The number of aromatic amines is 1. The largest absolute Gasteiger partial charge is 0.331 e. The van der Waals surface area contributed by atoms with Gasteiger partial charge < -0.3 is 9.88 Å². The molecule has 1 aliphatic rings. The molecule has 0 aliphatic heterocycles. The lowest BCUT2D eigenvalue weighted by molar-refractivity contribution is 0.0613. The minimum Gasteiger partial charge on any atom is -0.331 e. The van der Waals surface area contributed by atoms with Crippen LogP contribution in [0.2, 0.25) is 0 Å². The molecule has 1 fully saturated rings. The molecule has 0 atom stereocenters. The fraction of sp³-hybridized carbons (Fsp3) is 0.375. The van der Waals surface area contributed by atoms with Gasteiger partial charge in [0, 0.05) is 24.0 Å². The summed E-state index contributed by atoms with van der Waals surface area (Å²) < 4.78 is 0. The Morgan fingerprint density at radius 1 is 1.17 bits per heavy atom. The number of hydrogen-bond donors (Lipinski definition) is 1. The van der Waals surface area contributed by atoms with Gasteiger partial charge in [0.2, 0.25) is 0 Å². The van der Waals surface area contributed by atoms with Crippen LogP contribution in [0.5, 0.6) is 0 Å². The predicted molar refractivity (Wildman–Crippen MR) is 115 cm³/mol. The van der Waals surface area contributed by atoms with E-state index in [0.717, 1.165) is 47.7 Å². The van der Waals surface area contributed by atoms with Crippen LogP contribution in [0.1, 0.15) is 59.2 Å². The van der Waals surface area contributed by atoms with E-state index < -0.39 is 0 Å². The summed E-state index contributed by atoms with van der Waals surface area (Å²) in [6.45, 7) is 4.38. The van der Waals surface area contributed by atoms with Crippen LogP contribution in [0.4, 0.5) is 0 Å². The zero-order chi connectivity index (χ0) is 20.4. The summed E-state index contributed by atoms with van der Waals surface area (Å²) in [5.41, 5.74) is 4.19. The van der Waals surface area contributed by atoms with Crippen molar-refractivity contribution in [2.24, 2.45) is 0 Å². The molecule has 0 radical (unpaired) electrons. The molecule has 150 valence electrons. The maximum Gasteiger partial charge on any atom is 0.255 e. The Kier molecular flexibility index (Phi) is 5.47. The third kappa shape index (κ3) is 3.95. The highest BCUT2D eigenvalue weighted by Gasteiger charge is 2.27. The van der Waals surface area contributed by atoms with E-state index in [9.17, 15) is 9.59 Å². The summed E-state index contributed by atoms with van der Waals surface area (Å²) in [7, 11) is 0. The van der Waals surface area contributed by atoms with Gasteiger partial charge in [0.05, 0.1) is 17.6 Å². The summed E-state index contributed by atoms with van der Waals surface area (Å²) in [4.78, 5) is 35.2. The quantitative estimate of drug-likeness (QED) is 0.714. The number of aryl methyl sites for hydroxylation is 2. The maximum absolute atomic E-state index is 13.3. The lowest BCUT2D eigenvalue weighted by Gasteiger charge is -2.34. The number of nitrogens with one attached hydrogen (secondary N) is 1. The van der Waals surface area contributed by atoms with Gasteiger partial charge in [0.25, 0.3) is 11.5 Å². The summed E-state index contributed by atoms with van der Waals surface area (Å²) in [5.74, 6) is -0.0513. The average Bonchev–Trinajstić information content (AvgIpc) is 2.76. The molecule has 1 saturated carbocycles. The number of rotatable bonds is 4. The Labute approximate surface area is 170 Å². The lowest BCUT2D eigenvalue weighted by Crippen LogP contribution is -2.42. The second kappa shape index (κ2) is 8.19. The van der Waals surface area contributed by atoms with Gasteiger partial charge in [-0.1, -0.05) is 31.4 Å². The molecular weight excluding hydrogens is 362 g/mol. The lowest BCUT2D eigenvalue weighted by atomic mass is 9.93. The van der Waals surface area contributed by atoms with E-state index in [1.807, 2.05) is 30.9 Å². The van der Waals surface area contributed by atoms with Crippen molar-refractivity contribution in [3.8, 4) is 0 Å². The first kappa shape index (κ1) is 19.4. The second-order valence-corrected chi connectivity index (χ2v) is 8.06. The third-order valence-electron chi connectivity index (χ3n) is 6.15. The number of carbonyl (C=O) groups excluding carboxylic acids is 1. The van der Waals surface area contributed by atoms with E-state index in [0.29, 0.717) is 17.7 Å². The number of benzene rings is 1. The van der Waals surface area contributed by atoms with Crippen LogP contribution in [-0.2, 0) is 6.54 Å². The van der Waals surface area contributed by atoms with E-state index in [4.69, 9.17) is 0 Å². The molecular formula is C24H27N3O2. The molecule has 2 aromatic heterocycles. The van der Waals surface area contributed by atoms with E-state index in [1.165, 1.54) is 6.42 Å². The summed E-state index contributed by atoms with van der Waals surface area (Å²) in [5, 5.41) is 1.00. The van der Waals surface area contributed by atoms with Crippen LogP contribution in [0.15, 0.2) is 47.5 Å². The van der Waals surface area contributed by atoms with E-state index in [2.05, 4.69) is 16.0 Å². The highest BCUT2D eigenvalue weighted by atomic mass is 16.2. The summed E-state index contributed by atoms with van der Waals surface area (Å²) in [6, 6.07) is 9.77. The van der Waals surface area contributed by atoms with Crippen molar-refractivity contribution in [1.29, 1.82) is 0 Å². The highest BCUT2D eigenvalue weighted by molar-refractivity contribution is 5.94. The van der Waals surface area contributed by atoms with E-state index in [-0.39, 0.29) is 17.5 Å². The number of H-pyrrole nitrogens is 1. The van der Waals surface area contributed by atoms with E-state index in [1.54, 1.807) is 24.5 Å². The zero-order valence-corrected chi connectivity index (χ0v) is 17.1. The first-order valence-electron chi connectivity index (χ1n) is 10.4. The minimum absolute atomic E-state index is 0.0513. The average molecular weight is 389 g/mol. The number of hydrogen-bond acceptors (Lipinski definition) is 3. The Bertz CT molecular complexity index is 1080. The number of nitrogens with zero attached hydrogens (tertiary/aromatic N) is 2. The van der Waals surface area contributed by atoms with Gasteiger partial charge in [-0.2, -0.15) is 0 Å². The van der Waals surface area contributed by atoms with Crippen molar-refractivity contribution >= 4 is 16.8 Å². The van der Waals surface area contributed by atoms with E-state index >= 15 is 0 Å². The second-order valence-electron chi connectivity index (χ2n) is 8.06. The molecule has 1 amide bonds. The van der Waals surface area contributed by atoms with Gasteiger partial charge in [0.1, 0.15) is 0 Å². The maximum atomic E-state index is 13.3. The SMILES string of the molecule is Cc1ccc2cc(CN(C(=O)c3cccnc3)C3CCCCC3)c(=O)[nH]c2c1C. The molecule has 0 bridgehead atoms. The number of fused-ring (bicyclic) bond motifs is 1. The topological polar surface area (TPSA) is 66.1 Å². The summed E-state index contributed by atoms with van der Waals surface area (Å²) in [6.07, 6.45) is 8.68. The molecule has 5 nitrogen and oxygen atoms in total. The molecule has 1 aromatic carbocycles. The van der Waals surface area contributed by atoms with Crippen LogP contribution in [0.25, 0.3) is 10.9 Å². The van der Waals surface area contributed by atoms with Crippen molar-refractivity contribution in [2.75, 3.05) is 0 Å². The Balaban J connectivity index is 1.72. The molecule has 0 spiro atoms. The van der Waals surface area contributed by atoms with Gasteiger partial charge in [-0.15, -0.1) is 0 Å². The monoisotopic (exact) mass is 389 g/mol. The number of carbonyl (C=O) groups is 1. The molecule has 4 rings (SSSR count). The van der Waals surface area contributed by atoms with Crippen LogP contribution in [0, 0.1) is 13.8 Å². The van der Waals surface area contributed by atoms with Gasteiger partial charge in [-0.05, 0) is 61.4 Å². The van der Waals surface area contributed by atoms with Crippen LogP contribution < -0.4 is 5.56 Å². The van der Waals surface area contributed by atoms with Crippen molar-refractivity contribution in [3.05, 3.63) is 75.3 Å². The molecule has 3 aromatic rings. The Hall–Kier alpha value is -2.95. The first-order valence-corrected chi connectivity index (χ1v) is 10.4. The molecule has 0 unspecified atom stereocenters. The molecule has 1 aliphatic carbocycles. The van der Waals surface area contributed by atoms with Gasteiger partial charge >= 0.3 is 0 Å². The highest BCUT2D eigenvalue weighted by Crippen LogP contribution is 2.26. The molecule has 2 heterocycles. The fourth-order valence-corrected chi connectivity index (χ4v) is 4.29. The third-order valence-corrected chi connectivity index (χ3v) is 6.15. The van der Waals surface area contributed by atoms with Crippen LogP contribution in [-0.4, -0.2) is 26.8 Å².